The van der Waals surface area contributed by atoms with Crippen molar-refractivity contribution in [3.63, 3.8) is 0 Å². The van der Waals surface area contributed by atoms with Gasteiger partial charge in [-0.25, -0.2) is 0 Å². The Bertz CT molecular complexity index is 2870. The Morgan fingerprint density at radius 1 is 0.702 bits per heavy atom. The summed E-state index contributed by atoms with van der Waals surface area (Å²) in [5, 5.41) is 13.7. The van der Waals surface area contributed by atoms with Gasteiger partial charge in [0, 0.05) is 51.8 Å². The Labute approximate surface area is 335 Å². The van der Waals surface area contributed by atoms with Gasteiger partial charge in [-0.1, -0.05) is 75.1 Å². The SMILES string of the molecule is C=C/C=C\C(=N)c1ccc2c(c1)c1cc3c4c(c1n2C(/C=C\N)=C/CC)CCc1cc2c5cc(/C=C/C=C\C=NC)ccc5n(C(/C=C\N)=C/CC)c2c(c1-4)CC3. The van der Waals surface area contributed by atoms with Crippen molar-refractivity contribution in [3.8, 4) is 11.1 Å². The maximum Gasteiger partial charge on any atom is 0.0612 e. The fourth-order valence-electron chi connectivity index (χ4n) is 9.19. The molecule has 0 amide bonds. The van der Waals surface area contributed by atoms with Crippen LogP contribution in [0.15, 0.2) is 133 Å². The number of aryl methyl sites for hydroxylation is 4. The van der Waals surface area contributed by atoms with Gasteiger partial charge in [-0.15, -0.1) is 0 Å². The van der Waals surface area contributed by atoms with Crippen molar-refractivity contribution in [3.05, 3.63) is 162 Å². The lowest BCUT2D eigenvalue weighted by Gasteiger charge is -2.31. The van der Waals surface area contributed by atoms with Crippen molar-refractivity contribution in [2.75, 3.05) is 7.05 Å². The number of aromatic nitrogens is 2. The molecule has 0 unspecified atom stereocenters. The quantitative estimate of drug-likeness (QED) is 0.0858. The van der Waals surface area contributed by atoms with E-state index in [0.717, 1.165) is 71.9 Å². The Morgan fingerprint density at radius 3 is 1.82 bits per heavy atom. The Hall–Kier alpha value is -6.66. The molecule has 0 atom stereocenters. The van der Waals surface area contributed by atoms with E-state index in [9.17, 15) is 0 Å². The van der Waals surface area contributed by atoms with Gasteiger partial charge in [-0.05, 0) is 151 Å². The van der Waals surface area contributed by atoms with E-state index in [-0.39, 0.29) is 0 Å². The second-order valence-corrected chi connectivity index (χ2v) is 14.7. The molecule has 0 spiro atoms. The van der Waals surface area contributed by atoms with Gasteiger partial charge in [0.25, 0.3) is 0 Å². The highest BCUT2D eigenvalue weighted by atomic mass is 15.0. The lowest BCUT2D eigenvalue weighted by atomic mass is 9.74. The topological polar surface area (TPSA) is 98.1 Å². The second kappa shape index (κ2) is 15.8. The first-order chi connectivity index (χ1) is 28.0. The molecule has 57 heavy (non-hydrogen) atoms. The summed E-state index contributed by atoms with van der Waals surface area (Å²) < 4.78 is 4.88. The summed E-state index contributed by atoms with van der Waals surface area (Å²) in [5.74, 6) is 0. The number of nitrogens with one attached hydrogen (secondary N) is 1. The van der Waals surface area contributed by atoms with Crippen LogP contribution in [0.4, 0.5) is 0 Å². The molecule has 0 aliphatic heterocycles. The Morgan fingerprint density at radius 2 is 1.28 bits per heavy atom. The van der Waals surface area contributed by atoms with Crippen molar-refractivity contribution in [1.29, 1.82) is 5.41 Å². The maximum absolute atomic E-state index is 8.82. The van der Waals surface area contributed by atoms with E-state index in [1.807, 2.05) is 30.4 Å². The minimum atomic E-state index is 0.462. The van der Waals surface area contributed by atoms with E-state index in [1.54, 1.807) is 37.8 Å². The van der Waals surface area contributed by atoms with Crippen LogP contribution in [0, 0.1) is 5.41 Å². The van der Waals surface area contributed by atoms with Crippen LogP contribution in [0.5, 0.6) is 0 Å². The van der Waals surface area contributed by atoms with E-state index in [2.05, 4.69) is 107 Å². The average Bonchev–Trinajstić information content (AvgIpc) is 3.73. The highest BCUT2D eigenvalue weighted by molar-refractivity contribution is 6.18. The first-order valence-electron chi connectivity index (χ1n) is 20.0. The standard InChI is InChI=1S/C51H50N6/c1-5-8-15-45(54)34-19-23-47-42(30-34)44-32-36-18-20-39-48-35(17-21-40(49(36)48)51(44)57(47)38(13-7-3)25-27-53)31-43-41-29-33(14-10-9-11-28-55-4)16-22-46(41)56(50(39)43)37(12-6-2)24-26-52/h5,8-16,19,22-32,54H,1,6-7,17-18,20-21,52-53H2,2-4H3/b11-9-,14-10+,15-8-,26-24-,27-25-,37-12+,38-13+,54-45?,55-28?. The van der Waals surface area contributed by atoms with Gasteiger partial charge in [0.1, 0.15) is 0 Å². The first kappa shape index (κ1) is 37.3. The van der Waals surface area contributed by atoms with Crippen molar-refractivity contribution in [1.82, 2.24) is 9.13 Å². The van der Waals surface area contributed by atoms with Crippen LogP contribution in [0.2, 0.25) is 0 Å². The summed E-state index contributed by atoms with van der Waals surface area (Å²) in [6.07, 6.45) is 32.8. The smallest absolute Gasteiger partial charge is 0.0612 e. The van der Waals surface area contributed by atoms with Crippen molar-refractivity contribution in [2.45, 2.75) is 52.4 Å². The number of hydrogen-bond donors (Lipinski definition) is 3. The van der Waals surface area contributed by atoms with E-state index < -0.39 is 0 Å². The van der Waals surface area contributed by atoms with Crippen molar-refractivity contribution >= 4 is 73.0 Å². The molecule has 0 fully saturated rings. The minimum absolute atomic E-state index is 0.462. The third-order valence-corrected chi connectivity index (χ3v) is 11.4. The summed E-state index contributed by atoms with van der Waals surface area (Å²) >= 11 is 0. The number of rotatable bonds is 12. The molecule has 6 nitrogen and oxygen atoms in total. The van der Waals surface area contributed by atoms with Gasteiger partial charge in [0.2, 0.25) is 0 Å². The third kappa shape index (κ3) is 6.31. The molecular formula is C51H50N6. The van der Waals surface area contributed by atoms with Crippen LogP contribution in [-0.4, -0.2) is 28.1 Å². The zero-order valence-electron chi connectivity index (χ0n) is 33.1. The molecule has 0 radical (unpaired) electrons. The van der Waals surface area contributed by atoms with Gasteiger partial charge in [-0.3, -0.25) is 4.99 Å². The number of aliphatic imine (C=N–C) groups is 1. The van der Waals surface area contributed by atoms with Gasteiger partial charge < -0.3 is 26.0 Å². The highest BCUT2D eigenvalue weighted by Crippen LogP contribution is 2.51. The fourth-order valence-corrected chi connectivity index (χ4v) is 9.19. The molecule has 5 N–H and O–H groups in total. The van der Waals surface area contributed by atoms with Crippen LogP contribution >= 0.6 is 0 Å². The van der Waals surface area contributed by atoms with Crippen molar-refractivity contribution in [2.24, 2.45) is 16.5 Å². The molecule has 284 valence electrons. The molecular weight excluding hydrogens is 697 g/mol. The maximum atomic E-state index is 8.82. The molecule has 2 aliphatic carbocycles. The number of fused-ring (bicyclic) bond motifs is 8. The van der Waals surface area contributed by atoms with Gasteiger partial charge in [0.05, 0.1) is 27.8 Å². The van der Waals surface area contributed by atoms with Crippen LogP contribution in [0.1, 0.15) is 60.1 Å². The number of nitrogens with two attached hydrogens (primary N) is 2. The largest absolute Gasteiger partial charge is 0.405 e. The van der Waals surface area contributed by atoms with E-state index in [4.69, 9.17) is 16.9 Å². The van der Waals surface area contributed by atoms with Crippen molar-refractivity contribution < 1.29 is 0 Å². The molecule has 2 aliphatic rings. The zero-order chi connectivity index (χ0) is 39.6. The monoisotopic (exact) mass is 746 g/mol. The molecule has 0 saturated heterocycles. The summed E-state index contributed by atoms with van der Waals surface area (Å²) in [4.78, 5) is 4.05. The lowest BCUT2D eigenvalue weighted by Crippen LogP contribution is -2.16. The van der Waals surface area contributed by atoms with Crippen LogP contribution in [0.3, 0.4) is 0 Å². The summed E-state index contributed by atoms with van der Waals surface area (Å²) in [6.45, 7) is 8.16. The Balaban J connectivity index is 1.45. The molecule has 8 rings (SSSR count). The predicted octanol–water partition coefficient (Wildman–Crippen LogP) is 11.6. The molecule has 6 aromatic rings. The van der Waals surface area contributed by atoms with E-state index >= 15 is 0 Å². The number of allylic oxidation sites excluding steroid dienone is 12. The normalized spacial score (nSPS) is 14.9. The zero-order valence-corrected chi connectivity index (χ0v) is 33.1. The number of benzene rings is 4. The van der Waals surface area contributed by atoms with Gasteiger partial charge >= 0.3 is 0 Å². The van der Waals surface area contributed by atoms with Crippen LogP contribution in [-0.2, 0) is 25.7 Å². The predicted molar refractivity (Wildman–Crippen MR) is 247 cm³/mol. The molecule has 2 aromatic heterocycles. The minimum Gasteiger partial charge on any atom is -0.405 e. The van der Waals surface area contributed by atoms with E-state index in [0.29, 0.717) is 5.71 Å². The Kier molecular flexibility index (Phi) is 10.4. The molecule has 4 aromatic carbocycles. The van der Waals surface area contributed by atoms with Gasteiger partial charge in [-0.2, -0.15) is 0 Å². The molecule has 0 saturated carbocycles. The fraction of sp³-hybridized carbons (Fsp3) is 0.176. The van der Waals surface area contributed by atoms with Crippen LogP contribution in [0.25, 0.3) is 72.2 Å². The molecule has 6 heteroatoms. The third-order valence-electron chi connectivity index (χ3n) is 11.4. The molecule has 0 bridgehead atoms. The van der Waals surface area contributed by atoms with Gasteiger partial charge in [0.15, 0.2) is 0 Å². The highest BCUT2D eigenvalue weighted by Gasteiger charge is 2.33. The number of hydrogen-bond acceptors (Lipinski definition) is 4. The summed E-state index contributed by atoms with van der Waals surface area (Å²) in [5.41, 5.74) is 30.1. The van der Waals surface area contributed by atoms with Crippen LogP contribution < -0.4 is 11.5 Å². The number of nitrogens with zero attached hydrogens (tertiary/aromatic N) is 3. The molecule has 2 heterocycles. The van der Waals surface area contributed by atoms with E-state index in [1.165, 1.54) is 66.1 Å². The summed E-state index contributed by atoms with van der Waals surface area (Å²) in [6, 6.07) is 18.2. The lowest BCUT2D eigenvalue weighted by molar-refractivity contribution is 0.884. The summed E-state index contributed by atoms with van der Waals surface area (Å²) in [7, 11) is 1.78. The first-order valence-corrected chi connectivity index (χ1v) is 20.0. The second-order valence-electron chi connectivity index (χ2n) is 14.7. The average molecular weight is 747 g/mol.